The molecule has 0 saturated heterocycles. The summed E-state index contributed by atoms with van der Waals surface area (Å²) in [7, 11) is 0. The first-order chi connectivity index (χ1) is 8.47. The van der Waals surface area contributed by atoms with E-state index in [9.17, 15) is 13.9 Å². The zero-order chi connectivity index (χ0) is 13.3. The molecule has 1 aromatic heterocycles. The molecule has 2 aromatic rings. The third kappa shape index (κ3) is 3.01. The molecule has 1 aromatic carbocycles. The molecular formula is C12H8Cl2F2OS. The van der Waals surface area contributed by atoms with E-state index in [0.29, 0.717) is 14.2 Å². The maximum absolute atomic E-state index is 13.4. The fourth-order valence-corrected chi connectivity index (χ4v) is 3.17. The van der Waals surface area contributed by atoms with Gasteiger partial charge < -0.3 is 5.11 Å². The zero-order valence-electron chi connectivity index (χ0n) is 8.96. The van der Waals surface area contributed by atoms with Crippen LogP contribution < -0.4 is 0 Å². The van der Waals surface area contributed by atoms with Gasteiger partial charge in [0, 0.05) is 12.0 Å². The molecule has 0 aliphatic carbocycles. The lowest BCUT2D eigenvalue weighted by atomic mass is 10.0. The van der Waals surface area contributed by atoms with Crippen molar-refractivity contribution in [2.45, 2.75) is 12.5 Å². The van der Waals surface area contributed by atoms with Gasteiger partial charge in [0.25, 0.3) is 0 Å². The van der Waals surface area contributed by atoms with Gasteiger partial charge in [0.1, 0.15) is 16.0 Å². The van der Waals surface area contributed by atoms with E-state index in [0.717, 1.165) is 29.5 Å². The van der Waals surface area contributed by atoms with Crippen molar-refractivity contribution in [2.24, 2.45) is 0 Å². The molecule has 1 nitrogen and oxygen atoms in total. The Hall–Kier alpha value is -0.680. The summed E-state index contributed by atoms with van der Waals surface area (Å²) < 4.78 is 27.2. The van der Waals surface area contributed by atoms with Crippen molar-refractivity contribution in [3.8, 4) is 0 Å². The normalized spacial score (nSPS) is 12.7. The number of halogens is 4. The van der Waals surface area contributed by atoms with Gasteiger partial charge in [-0.1, -0.05) is 23.2 Å². The van der Waals surface area contributed by atoms with Crippen LogP contribution in [0.5, 0.6) is 0 Å². The van der Waals surface area contributed by atoms with E-state index < -0.39 is 17.7 Å². The van der Waals surface area contributed by atoms with E-state index in [2.05, 4.69) is 0 Å². The molecule has 2 rings (SSSR count). The standard InChI is InChI=1S/C12H8Cl2F2OS/c13-11-5-8(12(14)18-11)10(17)4-6-3-7(15)1-2-9(6)16/h1-3,5,10,17H,4H2. The molecular weight excluding hydrogens is 301 g/mol. The van der Waals surface area contributed by atoms with Crippen molar-refractivity contribution in [3.63, 3.8) is 0 Å². The van der Waals surface area contributed by atoms with Crippen LogP contribution in [-0.2, 0) is 6.42 Å². The molecule has 1 N–H and O–H groups in total. The Kier molecular flexibility index (Phi) is 4.22. The maximum Gasteiger partial charge on any atom is 0.126 e. The van der Waals surface area contributed by atoms with Crippen molar-refractivity contribution < 1.29 is 13.9 Å². The molecule has 6 heteroatoms. The van der Waals surface area contributed by atoms with E-state index in [1.165, 1.54) is 6.07 Å². The highest BCUT2D eigenvalue weighted by molar-refractivity contribution is 7.20. The average molecular weight is 309 g/mol. The number of aliphatic hydroxyl groups is 1. The first-order valence-corrected chi connectivity index (χ1v) is 6.61. The first kappa shape index (κ1) is 13.7. The van der Waals surface area contributed by atoms with Crippen LogP contribution >= 0.6 is 34.5 Å². The van der Waals surface area contributed by atoms with Crippen molar-refractivity contribution in [1.29, 1.82) is 0 Å². The molecule has 0 aliphatic rings. The van der Waals surface area contributed by atoms with Crippen LogP contribution in [0, 0.1) is 11.6 Å². The number of hydrogen-bond acceptors (Lipinski definition) is 2. The smallest absolute Gasteiger partial charge is 0.126 e. The largest absolute Gasteiger partial charge is 0.388 e. The summed E-state index contributed by atoms with van der Waals surface area (Å²) in [5.41, 5.74) is 0.524. The zero-order valence-corrected chi connectivity index (χ0v) is 11.3. The second kappa shape index (κ2) is 5.53. The minimum absolute atomic E-state index is 0.0592. The minimum Gasteiger partial charge on any atom is -0.388 e. The Balaban J connectivity index is 2.23. The van der Waals surface area contributed by atoms with Crippen molar-refractivity contribution in [1.82, 2.24) is 0 Å². The second-order valence-corrected chi connectivity index (χ2v) is 6.02. The molecule has 18 heavy (non-hydrogen) atoms. The number of aliphatic hydroxyl groups excluding tert-OH is 1. The van der Waals surface area contributed by atoms with Gasteiger partial charge in [0.05, 0.1) is 10.4 Å². The Morgan fingerprint density at radius 1 is 1.22 bits per heavy atom. The Labute approximate surface area is 117 Å². The highest BCUT2D eigenvalue weighted by Crippen LogP contribution is 2.36. The predicted octanol–water partition coefficient (Wildman–Crippen LogP) is 4.61. The summed E-state index contributed by atoms with van der Waals surface area (Å²) in [5, 5.41) is 9.96. The summed E-state index contributed by atoms with van der Waals surface area (Å²) in [4.78, 5) is 0. The number of rotatable bonds is 3. The quantitative estimate of drug-likeness (QED) is 0.878. The lowest BCUT2D eigenvalue weighted by Gasteiger charge is -2.10. The molecule has 0 radical (unpaired) electrons. The Morgan fingerprint density at radius 3 is 2.56 bits per heavy atom. The van der Waals surface area contributed by atoms with Gasteiger partial charge in [-0.25, -0.2) is 8.78 Å². The van der Waals surface area contributed by atoms with Gasteiger partial charge in [0.15, 0.2) is 0 Å². The van der Waals surface area contributed by atoms with Crippen LogP contribution in [-0.4, -0.2) is 5.11 Å². The Bertz CT molecular complexity index is 571. The third-order valence-corrected chi connectivity index (χ3v) is 3.98. The van der Waals surface area contributed by atoms with E-state index in [1.807, 2.05) is 0 Å². The summed E-state index contributed by atoms with van der Waals surface area (Å²) in [6.07, 6.45) is -1.08. The van der Waals surface area contributed by atoms with E-state index in [1.54, 1.807) is 0 Å². The molecule has 1 heterocycles. The van der Waals surface area contributed by atoms with Crippen molar-refractivity contribution in [2.75, 3.05) is 0 Å². The summed E-state index contributed by atoms with van der Waals surface area (Å²) in [6.45, 7) is 0. The molecule has 0 fully saturated rings. The Morgan fingerprint density at radius 2 is 1.94 bits per heavy atom. The van der Waals surface area contributed by atoms with Crippen LogP contribution in [0.3, 0.4) is 0 Å². The van der Waals surface area contributed by atoms with Gasteiger partial charge in [0.2, 0.25) is 0 Å². The van der Waals surface area contributed by atoms with Gasteiger partial charge >= 0.3 is 0 Å². The molecule has 0 amide bonds. The SMILES string of the molecule is OC(Cc1cc(F)ccc1F)c1cc(Cl)sc1Cl. The summed E-state index contributed by atoms with van der Waals surface area (Å²) >= 11 is 12.8. The monoisotopic (exact) mass is 308 g/mol. The molecule has 0 saturated carbocycles. The highest BCUT2D eigenvalue weighted by atomic mass is 35.5. The number of benzene rings is 1. The van der Waals surface area contributed by atoms with Gasteiger partial charge in [-0.15, -0.1) is 11.3 Å². The minimum atomic E-state index is -1.02. The average Bonchev–Trinajstić information content (AvgIpc) is 2.63. The summed E-state index contributed by atoms with van der Waals surface area (Å²) in [6, 6.07) is 4.64. The van der Waals surface area contributed by atoms with Crippen LogP contribution in [0.25, 0.3) is 0 Å². The van der Waals surface area contributed by atoms with E-state index in [-0.39, 0.29) is 12.0 Å². The number of thiophene rings is 1. The molecule has 0 bridgehead atoms. The fraction of sp³-hybridized carbons (Fsp3) is 0.167. The van der Waals surface area contributed by atoms with Crippen molar-refractivity contribution >= 4 is 34.5 Å². The van der Waals surface area contributed by atoms with Crippen LogP contribution in [0.1, 0.15) is 17.2 Å². The maximum atomic E-state index is 13.4. The fourth-order valence-electron chi connectivity index (χ4n) is 1.60. The van der Waals surface area contributed by atoms with Crippen LogP contribution in [0.4, 0.5) is 8.78 Å². The van der Waals surface area contributed by atoms with E-state index >= 15 is 0 Å². The van der Waals surface area contributed by atoms with Crippen LogP contribution in [0.2, 0.25) is 8.67 Å². The summed E-state index contributed by atoms with van der Waals surface area (Å²) in [5.74, 6) is -1.11. The van der Waals surface area contributed by atoms with Gasteiger partial charge in [-0.3, -0.25) is 0 Å². The van der Waals surface area contributed by atoms with Gasteiger partial charge in [-0.05, 0) is 29.8 Å². The third-order valence-electron chi connectivity index (χ3n) is 2.46. The van der Waals surface area contributed by atoms with Crippen LogP contribution in [0.15, 0.2) is 24.3 Å². The van der Waals surface area contributed by atoms with Crippen molar-refractivity contribution in [3.05, 3.63) is 55.7 Å². The number of hydrogen-bond donors (Lipinski definition) is 1. The first-order valence-electron chi connectivity index (χ1n) is 5.04. The molecule has 0 aliphatic heterocycles. The second-order valence-electron chi connectivity index (χ2n) is 3.74. The topological polar surface area (TPSA) is 20.2 Å². The molecule has 1 atom stereocenters. The lowest BCUT2D eigenvalue weighted by Crippen LogP contribution is -2.03. The molecule has 1 unspecified atom stereocenters. The van der Waals surface area contributed by atoms with Gasteiger partial charge in [-0.2, -0.15) is 0 Å². The molecule has 96 valence electrons. The van der Waals surface area contributed by atoms with E-state index in [4.69, 9.17) is 23.2 Å². The lowest BCUT2D eigenvalue weighted by molar-refractivity contribution is 0.177. The predicted molar refractivity (Wildman–Crippen MR) is 69.4 cm³/mol. The highest BCUT2D eigenvalue weighted by Gasteiger charge is 2.17. The molecule has 0 spiro atoms.